The highest BCUT2D eigenvalue weighted by Gasteiger charge is 2.35. The van der Waals surface area contributed by atoms with E-state index in [2.05, 4.69) is 15.0 Å². The minimum absolute atomic E-state index is 0.0494. The van der Waals surface area contributed by atoms with Gasteiger partial charge in [0.25, 0.3) is 0 Å². The highest BCUT2D eigenvalue weighted by molar-refractivity contribution is 5.99. The van der Waals surface area contributed by atoms with Gasteiger partial charge < -0.3 is 23.9 Å². The van der Waals surface area contributed by atoms with Crippen LogP contribution in [0.5, 0.6) is 5.75 Å². The number of rotatable bonds is 4. The van der Waals surface area contributed by atoms with E-state index in [-0.39, 0.29) is 23.5 Å². The summed E-state index contributed by atoms with van der Waals surface area (Å²) in [5, 5.41) is 0.619. The maximum Gasteiger partial charge on any atom is 0.434 e. The van der Waals surface area contributed by atoms with Crippen molar-refractivity contribution in [1.82, 2.24) is 24.4 Å². The van der Waals surface area contributed by atoms with Crippen molar-refractivity contribution in [2.75, 3.05) is 33.4 Å². The Kier molecular flexibility index (Phi) is 5.64. The van der Waals surface area contributed by atoms with Gasteiger partial charge in [0.1, 0.15) is 24.3 Å². The lowest BCUT2D eigenvalue weighted by Crippen LogP contribution is -2.35. The summed E-state index contributed by atoms with van der Waals surface area (Å²) in [6.45, 7) is 2.37. The number of halogens is 3. The Balaban J connectivity index is 1.59. The molecule has 1 amide bonds. The number of carbonyl (C=O) groups excluding carboxylic acids is 1. The zero-order valence-corrected chi connectivity index (χ0v) is 18.4. The number of aromatic nitrogens is 4. The molecule has 0 atom stereocenters. The summed E-state index contributed by atoms with van der Waals surface area (Å²) in [6, 6.07) is 6.81. The summed E-state index contributed by atoms with van der Waals surface area (Å²) in [7, 11) is 1.54. The molecule has 11 heteroatoms. The van der Waals surface area contributed by atoms with Crippen molar-refractivity contribution >= 4 is 27.8 Å². The van der Waals surface area contributed by atoms with E-state index < -0.39 is 11.9 Å². The monoisotopic (exact) mass is 473 g/mol. The number of nitrogens with zero attached hydrogens (tertiary/aromatic N) is 4. The summed E-state index contributed by atoms with van der Waals surface area (Å²) in [5.41, 5.74) is 0.915. The van der Waals surface area contributed by atoms with Crippen LogP contribution in [0, 0.1) is 0 Å². The molecule has 178 valence electrons. The van der Waals surface area contributed by atoms with Crippen molar-refractivity contribution < 1.29 is 27.4 Å². The predicted octanol–water partition coefficient (Wildman–Crippen LogP) is 3.86. The molecule has 1 aliphatic heterocycles. The number of nitrogens with one attached hydrogen (secondary N) is 1. The van der Waals surface area contributed by atoms with E-state index in [1.54, 1.807) is 27.8 Å². The van der Waals surface area contributed by atoms with Crippen LogP contribution in [0.3, 0.4) is 0 Å². The summed E-state index contributed by atoms with van der Waals surface area (Å²) < 4.78 is 53.0. The number of alkyl halides is 3. The Hall–Kier alpha value is -3.60. The first kappa shape index (κ1) is 22.2. The summed E-state index contributed by atoms with van der Waals surface area (Å²) in [5.74, 6) is 0.543. The maximum atomic E-state index is 13.5. The van der Waals surface area contributed by atoms with E-state index >= 15 is 0 Å². The molecule has 8 nitrogen and oxygen atoms in total. The molecule has 0 bridgehead atoms. The molecule has 1 aliphatic rings. The molecular formula is C23H22F3N5O3. The number of methoxy groups -OCH3 is 1. The van der Waals surface area contributed by atoms with Crippen LogP contribution in [0.1, 0.15) is 12.1 Å². The van der Waals surface area contributed by atoms with E-state index in [1.807, 2.05) is 6.07 Å². The topological polar surface area (TPSA) is 85.3 Å². The predicted molar refractivity (Wildman–Crippen MR) is 118 cm³/mol. The Morgan fingerprint density at radius 3 is 2.82 bits per heavy atom. The lowest BCUT2D eigenvalue weighted by molar-refractivity contribution is -0.139. The van der Waals surface area contributed by atoms with Gasteiger partial charge in [0, 0.05) is 48.1 Å². The molecule has 5 rings (SSSR count). The quantitative estimate of drug-likeness (QED) is 0.487. The van der Waals surface area contributed by atoms with Gasteiger partial charge in [0.05, 0.1) is 19.1 Å². The number of ether oxygens (including phenoxy) is 2. The smallest absolute Gasteiger partial charge is 0.434 e. The van der Waals surface area contributed by atoms with E-state index in [9.17, 15) is 18.0 Å². The first-order valence-corrected chi connectivity index (χ1v) is 10.8. The molecule has 1 N–H and O–H groups in total. The Bertz CT molecular complexity index is 1350. The molecule has 4 aromatic rings. The zero-order chi connectivity index (χ0) is 23.9. The van der Waals surface area contributed by atoms with Gasteiger partial charge in [-0.05, 0) is 30.7 Å². The lowest BCUT2D eigenvalue weighted by atomic mass is 10.1. The molecule has 0 radical (unpaired) electrons. The third-order valence-electron chi connectivity index (χ3n) is 5.95. The second kappa shape index (κ2) is 8.64. The van der Waals surface area contributed by atoms with Gasteiger partial charge in [0.2, 0.25) is 5.91 Å². The minimum Gasteiger partial charge on any atom is -0.497 e. The number of benzene rings is 1. The molecule has 1 fully saturated rings. The number of amides is 1. The number of H-pyrrole nitrogens is 1. The maximum absolute atomic E-state index is 13.5. The average Bonchev–Trinajstić information content (AvgIpc) is 3.28. The number of fused-ring (bicyclic) bond motifs is 2. The standard InChI is InChI=1S/C23H22F3N5O3/c1-33-14-3-4-19-15(9-14)17(11-31(19)12-20(32)30-5-2-7-34-8-6-30)18-10-16-21(23(24,25)26)27-13-28-22(16)29-18/h3-4,9-11,13H,2,5-8,12H2,1H3,(H,27,28,29). The summed E-state index contributed by atoms with van der Waals surface area (Å²) in [6.07, 6.45) is -1.18. The van der Waals surface area contributed by atoms with Crippen LogP contribution in [0.15, 0.2) is 36.8 Å². The van der Waals surface area contributed by atoms with Gasteiger partial charge in [0.15, 0.2) is 5.69 Å². The fourth-order valence-electron chi connectivity index (χ4n) is 4.30. The fraction of sp³-hybridized carbons (Fsp3) is 0.348. The Labute approximate surface area is 192 Å². The van der Waals surface area contributed by atoms with Gasteiger partial charge in [-0.25, -0.2) is 9.97 Å². The van der Waals surface area contributed by atoms with Crippen LogP contribution in [0.25, 0.3) is 33.2 Å². The van der Waals surface area contributed by atoms with Crippen molar-refractivity contribution in [2.45, 2.75) is 19.1 Å². The molecule has 4 heterocycles. The number of carbonyl (C=O) groups is 1. The van der Waals surface area contributed by atoms with Crippen LogP contribution < -0.4 is 4.74 Å². The van der Waals surface area contributed by atoms with E-state index in [1.165, 1.54) is 13.2 Å². The number of hydrogen-bond donors (Lipinski definition) is 1. The van der Waals surface area contributed by atoms with Crippen LogP contribution >= 0.6 is 0 Å². The van der Waals surface area contributed by atoms with Gasteiger partial charge in [-0.1, -0.05) is 0 Å². The molecular weight excluding hydrogens is 451 g/mol. The fourth-order valence-corrected chi connectivity index (χ4v) is 4.30. The van der Waals surface area contributed by atoms with Crippen molar-refractivity contribution in [3.63, 3.8) is 0 Å². The molecule has 1 aromatic carbocycles. The SMILES string of the molecule is COc1ccc2c(c1)c(-c1cc3c(C(F)(F)F)ncnc3[nH]1)cn2CC(=O)N1CCCOCC1. The van der Waals surface area contributed by atoms with E-state index in [0.29, 0.717) is 43.3 Å². The molecule has 0 saturated carbocycles. The molecule has 0 spiro atoms. The Morgan fingerprint density at radius 2 is 2.03 bits per heavy atom. The summed E-state index contributed by atoms with van der Waals surface area (Å²) >= 11 is 0. The average molecular weight is 473 g/mol. The van der Waals surface area contributed by atoms with Crippen molar-refractivity contribution in [3.05, 3.63) is 42.5 Å². The van der Waals surface area contributed by atoms with Crippen molar-refractivity contribution in [2.24, 2.45) is 0 Å². The normalized spacial score (nSPS) is 15.1. The third-order valence-corrected chi connectivity index (χ3v) is 5.95. The molecule has 1 saturated heterocycles. The van der Waals surface area contributed by atoms with Gasteiger partial charge in [-0.3, -0.25) is 4.79 Å². The van der Waals surface area contributed by atoms with Gasteiger partial charge in [-0.15, -0.1) is 0 Å². The third kappa shape index (κ3) is 4.07. The minimum atomic E-state index is -4.61. The molecule has 0 aliphatic carbocycles. The first-order valence-electron chi connectivity index (χ1n) is 10.8. The Morgan fingerprint density at radius 1 is 1.18 bits per heavy atom. The highest BCUT2D eigenvalue weighted by Crippen LogP contribution is 2.37. The second-order valence-electron chi connectivity index (χ2n) is 8.07. The zero-order valence-electron chi connectivity index (χ0n) is 18.4. The van der Waals surface area contributed by atoms with Crippen LogP contribution in [-0.2, 0) is 22.3 Å². The summed E-state index contributed by atoms with van der Waals surface area (Å²) in [4.78, 5) is 25.2. The van der Waals surface area contributed by atoms with Gasteiger partial charge >= 0.3 is 6.18 Å². The van der Waals surface area contributed by atoms with Crippen LogP contribution in [-0.4, -0.2) is 63.7 Å². The molecule has 3 aromatic heterocycles. The van der Waals surface area contributed by atoms with E-state index in [0.717, 1.165) is 23.7 Å². The van der Waals surface area contributed by atoms with E-state index in [4.69, 9.17) is 9.47 Å². The molecule has 34 heavy (non-hydrogen) atoms. The first-order chi connectivity index (χ1) is 16.3. The lowest BCUT2D eigenvalue weighted by Gasteiger charge is -2.20. The van der Waals surface area contributed by atoms with Crippen molar-refractivity contribution in [1.29, 1.82) is 0 Å². The van der Waals surface area contributed by atoms with Gasteiger partial charge in [-0.2, -0.15) is 13.2 Å². The highest BCUT2D eigenvalue weighted by atomic mass is 19.4. The van der Waals surface area contributed by atoms with Crippen LogP contribution in [0.2, 0.25) is 0 Å². The number of aromatic amines is 1. The van der Waals surface area contributed by atoms with Crippen molar-refractivity contribution in [3.8, 4) is 17.0 Å². The second-order valence-corrected chi connectivity index (χ2v) is 8.07. The largest absolute Gasteiger partial charge is 0.497 e. The van der Waals surface area contributed by atoms with Crippen LogP contribution in [0.4, 0.5) is 13.2 Å². The number of hydrogen-bond acceptors (Lipinski definition) is 5. The molecule has 0 unspecified atom stereocenters.